The fourth-order valence-corrected chi connectivity index (χ4v) is 2.12. The number of hydrogen-bond donors (Lipinski definition) is 2. The molecule has 104 valence electrons. The SMILES string of the molecule is CC(NCC(=O)Nc1ccc(F)cc1)C1CCCO1. The number of rotatable bonds is 5. The second-order valence-corrected chi connectivity index (χ2v) is 4.78. The molecule has 5 heteroatoms. The lowest BCUT2D eigenvalue weighted by atomic mass is 10.1. The Hall–Kier alpha value is -1.46. The Morgan fingerprint density at radius 3 is 2.84 bits per heavy atom. The highest BCUT2D eigenvalue weighted by Crippen LogP contribution is 2.15. The highest BCUT2D eigenvalue weighted by Gasteiger charge is 2.22. The lowest BCUT2D eigenvalue weighted by molar-refractivity contribution is -0.115. The van der Waals surface area contributed by atoms with E-state index in [1.54, 1.807) is 0 Å². The van der Waals surface area contributed by atoms with Crippen LogP contribution in [0.25, 0.3) is 0 Å². The van der Waals surface area contributed by atoms with E-state index in [1.165, 1.54) is 24.3 Å². The molecule has 0 bridgehead atoms. The fraction of sp³-hybridized carbons (Fsp3) is 0.500. The Morgan fingerprint density at radius 1 is 1.47 bits per heavy atom. The number of halogens is 1. The predicted molar refractivity (Wildman–Crippen MR) is 71.5 cm³/mol. The number of hydrogen-bond acceptors (Lipinski definition) is 3. The summed E-state index contributed by atoms with van der Waals surface area (Å²) in [5.41, 5.74) is 0.595. The van der Waals surface area contributed by atoms with Crippen LogP contribution in [-0.4, -0.2) is 31.2 Å². The molecule has 1 aromatic rings. The third kappa shape index (κ3) is 4.29. The van der Waals surface area contributed by atoms with E-state index in [0.717, 1.165) is 19.4 Å². The minimum absolute atomic E-state index is 0.142. The molecule has 2 rings (SSSR count). The van der Waals surface area contributed by atoms with Crippen molar-refractivity contribution in [2.45, 2.75) is 31.9 Å². The molecule has 1 aliphatic heterocycles. The van der Waals surface area contributed by atoms with E-state index in [-0.39, 0.29) is 30.4 Å². The molecule has 1 amide bonds. The highest BCUT2D eigenvalue weighted by atomic mass is 19.1. The van der Waals surface area contributed by atoms with Crippen LogP contribution in [0.15, 0.2) is 24.3 Å². The number of ether oxygens (including phenoxy) is 1. The molecule has 4 nitrogen and oxygen atoms in total. The molecular weight excluding hydrogens is 247 g/mol. The Balaban J connectivity index is 1.73. The molecule has 0 saturated carbocycles. The van der Waals surface area contributed by atoms with Crippen molar-refractivity contribution in [3.63, 3.8) is 0 Å². The highest BCUT2D eigenvalue weighted by molar-refractivity contribution is 5.92. The Morgan fingerprint density at radius 2 is 2.21 bits per heavy atom. The minimum atomic E-state index is -0.317. The summed E-state index contributed by atoms with van der Waals surface area (Å²) >= 11 is 0. The van der Waals surface area contributed by atoms with Crippen LogP contribution in [0.1, 0.15) is 19.8 Å². The maximum Gasteiger partial charge on any atom is 0.238 e. The van der Waals surface area contributed by atoms with E-state index in [1.807, 2.05) is 6.92 Å². The summed E-state index contributed by atoms with van der Waals surface area (Å²) in [7, 11) is 0. The molecule has 19 heavy (non-hydrogen) atoms. The first-order valence-electron chi connectivity index (χ1n) is 6.55. The van der Waals surface area contributed by atoms with Gasteiger partial charge >= 0.3 is 0 Å². The summed E-state index contributed by atoms with van der Waals surface area (Å²) in [6.07, 6.45) is 2.31. The van der Waals surface area contributed by atoms with Crippen molar-refractivity contribution < 1.29 is 13.9 Å². The molecule has 0 aliphatic carbocycles. The van der Waals surface area contributed by atoms with Crippen molar-refractivity contribution in [1.82, 2.24) is 5.32 Å². The van der Waals surface area contributed by atoms with E-state index < -0.39 is 0 Å². The molecule has 2 N–H and O–H groups in total. The third-order valence-corrected chi connectivity index (χ3v) is 3.24. The van der Waals surface area contributed by atoms with Crippen molar-refractivity contribution in [2.24, 2.45) is 0 Å². The van der Waals surface area contributed by atoms with Crippen LogP contribution in [0.3, 0.4) is 0 Å². The Bertz CT molecular complexity index is 416. The number of anilines is 1. The van der Waals surface area contributed by atoms with E-state index in [2.05, 4.69) is 10.6 Å². The van der Waals surface area contributed by atoms with Crippen LogP contribution in [0.2, 0.25) is 0 Å². The standard InChI is InChI=1S/C14H19FN2O2/c1-10(13-3-2-8-19-13)16-9-14(18)17-12-6-4-11(15)5-7-12/h4-7,10,13,16H,2-3,8-9H2,1H3,(H,17,18). The van der Waals surface area contributed by atoms with E-state index in [9.17, 15) is 9.18 Å². The van der Waals surface area contributed by atoms with Gasteiger partial charge in [-0.25, -0.2) is 4.39 Å². The van der Waals surface area contributed by atoms with Gasteiger partial charge in [0.05, 0.1) is 12.6 Å². The molecule has 1 heterocycles. The quantitative estimate of drug-likeness (QED) is 0.856. The van der Waals surface area contributed by atoms with Gasteiger partial charge in [-0.2, -0.15) is 0 Å². The van der Waals surface area contributed by atoms with E-state index >= 15 is 0 Å². The number of carbonyl (C=O) groups is 1. The third-order valence-electron chi connectivity index (χ3n) is 3.24. The average Bonchev–Trinajstić information content (AvgIpc) is 2.93. The van der Waals surface area contributed by atoms with Crippen LogP contribution in [0, 0.1) is 5.82 Å². The van der Waals surface area contributed by atoms with Gasteiger partial charge in [0.1, 0.15) is 5.82 Å². The number of carbonyl (C=O) groups excluding carboxylic acids is 1. The molecule has 1 fully saturated rings. The first kappa shape index (κ1) is 14.0. The van der Waals surface area contributed by atoms with Crippen LogP contribution in [-0.2, 0) is 9.53 Å². The minimum Gasteiger partial charge on any atom is -0.377 e. The molecule has 0 aromatic heterocycles. The van der Waals surface area contributed by atoms with Gasteiger partial charge in [0.2, 0.25) is 5.91 Å². The van der Waals surface area contributed by atoms with Crippen molar-refractivity contribution in [3.8, 4) is 0 Å². The van der Waals surface area contributed by atoms with Gasteiger partial charge in [0, 0.05) is 18.3 Å². The summed E-state index contributed by atoms with van der Waals surface area (Å²) in [5.74, 6) is -0.459. The maximum absolute atomic E-state index is 12.7. The summed E-state index contributed by atoms with van der Waals surface area (Å²) in [5, 5.41) is 5.85. The Kier molecular flexibility index (Phi) is 4.87. The van der Waals surface area contributed by atoms with Crippen LogP contribution in [0.4, 0.5) is 10.1 Å². The first-order valence-corrected chi connectivity index (χ1v) is 6.55. The fourth-order valence-electron chi connectivity index (χ4n) is 2.12. The van der Waals surface area contributed by atoms with Gasteiger partial charge < -0.3 is 15.4 Å². The van der Waals surface area contributed by atoms with Crippen molar-refractivity contribution in [1.29, 1.82) is 0 Å². The lowest BCUT2D eigenvalue weighted by Gasteiger charge is -2.19. The number of amides is 1. The second-order valence-electron chi connectivity index (χ2n) is 4.78. The summed E-state index contributed by atoms with van der Waals surface area (Å²) in [4.78, 5) is 11.7. The van der Waals surface area contributed by atoms with Gasteiger partial charge in [-0.15, -0.1) is 0 Å². The van der Waals surface area contributed by atoms with Gasteiger partial charge in [-0.3, -0.25) is 4.79 Å². The number of benzene rings is 1. The first-order chi connectivity index (χ1) is 9.15. The average molecular weight is 266 g/mol. The lowest BCUT2D eigenvalue weighted by Crippen LogP contribution is -2.41. The number of nitrogens with one attached hydrogen (secondary N) is 2. The summed E-state index contributed by atoms with van der Waals surface area (Å²) in [6, 6.07) is 5.87. The largest absolute Gasteiger partial charge is 0.377 e. The second kappa shape index (κ2) is 6.63. The molecule has 2 unspecified atom stereocenters. The van der Waals surface area contributed by atoms with E-state index in [0.29, 0.717) is 5.69 Å². The zero-order chi connectivity index (χ0) is 13.7. The molecule has 1 aliphatic rings. The maximum atomic E-state index is 12.7. The molecule has 2 atom stereocenters. The zero-order valence-corrected chi connectivity index (χ0v) is 11.0. The van der Waals surface area contributed by atoms with Gasteiger partial charge in [0.25, 0.3) is 0 Å². The predicted octanol–water partition coefficient (Wildman–Crippen LogP) is 1.92. The van der Waals surface area contributed by atoms with Gasteiger partial charge in [-0.1, -0.05) is 0 Å². The van der Waals surface area contributed by atoms with Gasteiger partial charge in [-0.05, 0) is 44.0 Å². The molecule has 1 aromatic carbocycles. The zero-order valence-electron chi connectivity index (χ0n) is 11.0. The molecular formula is C14H19FN2O2. The molecule has 1 saturated heterocycles. The topological polar surface area (TPSA) is 50.4 Å². The molecule has 0 radical (unpaired) electrons. The van der Waals surface area contributed by atoms with Crippen molar-refractivity contribution in [3.05, 3.63) is 30.1 Å². The van der Waals surface area contributed by atoms with E-state index in [4.69, 9.17) is 4.74 Å². The van der Waals surface area contributed by atoms with Crippen LogP contribution < -0.4 is 10.6 Å². The summed E-state index contributed by atoms with van der Waals surface area (Å²) < 4.78 is 18.3. The van der Waals surface area contributed by atoms with Gasteiger partial charge in [0.15, 0.2) is 0 Å². The monoisotopic (exact) mass is 266 g/mol. The molecule has 0 spiro atoms. The normalized spacial score (nSPS) is 20.2. The Labute approximate surface area is 112 Å². The van der Waals surface area contributed by atoms with Crippen LogP contribution in [0.5, 0.6) is 0 Å². The van der Waals surface area contributed by atoms with Crippen molar-refractivity contribution >= 4 is 11.6 Å². The smallest absolute Gasteiger partial charge is 0.238 e. The summed E-state index contributed by atoms with van der Waals surface area (Å²) in [6.45, 7) is 3.04. The van der Waals surface area contributed by atoms with Crippen LogP contribution >= 0.6 is 0 Å². The van der Waals surface area contributed by atoms with Crippen molar-refractivity contribution in [2.75, 3.05) is 18.5 Å².